The van der Waals surface area contributed by atoms with Gasteiger partial charge < -0.3 is 10.2 Å². The molecule has 1 N–H and O–H groups in total. The first-order valence-corrected chi connectivity index (χ1v) is 6.56. The summed E-state index contributed by atoms with van der Waals surface area (Å²) in [6.07, 6.45) is 6.43. The number of rotatable bonds is 3. The van der Waals surface area contributed by atoms with Gasteiger partial charge in [0, 0.05) is 19.6 Å². The summed E-state index contributed by atoms with van der Waals surface area (Å²) in [4.78, 5) is 2.26. The van der Waals surface area contributed by atoms with E-state index in [0.29, 0.717) is 6.04 Å². The van der Waals surface area contributed by atoms with Gasteiger partial charge in [-0.25, -0.2) is 0 Å². The van der Waals surface area contributed by atoms with Crippen LogP contribution in [0.25, 0.3) is 0 Å². The Morgan fingerprint density at radius 1 is 1.33 bits per heavy atom. The Kier molecular flexibility index (Phi) is 5.37. The number of thiocarbonyl (C=S) groups is 1. The lowest BCUT2D eigenvalue weighted by Crippen LogP contribution is -2.44. The van der Waals surface area contributed by atoms with Crippen LogP contribution in [0.15, 0.2) is 0 Å². The summed E-state index contributed by atoms with van der Waals surface area (Å²) in [7, 11) is 2.13. The molecule has 0 unspecified atom stereocenters. The second-order valence-corrected chi connectivity index (χ2v) is 5.14. The van der Waals surface area contributed by atoms with Crippen LogP contribution < -0.4 is 5.32 Å². The summed E-state index contributed by atoms with van der Waals surface area (Å²) >= 11 is 5.37. The van der Waals surface area contributed by atoms with Gasteiger partial charge in [0.05, 0.1) is 0 Å². The zero-order chi connectivity index (χ0) is 11.3. The molecule has 1 fully saturated rings. The third-order valence-electron chi connectivity index (χ3n) is 3.38. The second kappa shape index (κ2) is 6.31. The van der Waals surface area contributed by atoms with E-state index >= 15 is 0 Å². The molecule has 0 bridgehead atoms. The molecule has 15 heavy (non-hydrogen) atoms. The average Bonchev–Trinajstić information content (AvgIpc) is 2.26. The van der Waals surface area contributed by atoms with Crippen molar-refractivity contribution in [1.82, 2.24) is 10.2 Å². The fourth-order valence-electron chi connectivity index (χ4n) is 2.15. The van der Waals surface area contributed by atoms with Crippen molar-refractivity contribution in [3.05, 3.63) is 0 Å². The summed E-state index contributed by atoms with van der Waals surface area (Å²) < 4.78 is 0. The summed E-state index contributed by atoms with van der Waals surface area (Å²) in [5.74, 6) is 0.909. The largest absolute Gasteiger partial charge is 0.363 e. The molecule has 0 aliphatic heterocycles. The smallest absolute Gasteiger partial charge is 0.168 e. The van der Waals surface area contributed by atoms with E-state index in [4.69, 9.17) is 12.2 Å². The standard InChI is InChI=1S/C12H24N2S/c1-4-9-13-12(15)14(3)11-7-5-10(2)6-8-11/h10-11H,4-9H2,1-3H3,(H,13,15). The van der Waals surface area contributed by atoms with Crippen molar-refractivity contribution in [1.29, 1.82) is 0 Å². The minimum Gasteiger partial charge on any atom is -0.363 e. The fraction of sp³-hybridized carbons (Fsp3) is 0.917. The first-order valence-electron chi connectivity index (χ1n) is 6.15. The van der Waals surface area contributed by atoms with Gasteiger partial charge in [0.15, 0.2) is 5.11 Å². The van der Waals surface area contributed by atoms with Crippen LogP contribution in [0.5, 0.6) is 0 Å². The first-order chi connectivity index (χ1) is 7.15. The van der Waals surface area contributed by atoms with Crippen molar-refractivity contribution in [2.24, 2.45) is 5.92 Å². The van der Waals surface area contributed by atoms with Gasteiger partial charge in [-0.15, -0.1) is 0 Å². The average molecular weight is 228 g/mol. The van der Waals surface area contributed by atoms with Crippen LogP contribution in [0.2, 0.25) is 0 Å². The molecule has 0 radical (unpaired) electrons. The molecule has 0 heterocycles. The number of hydrogen-bond donors (Lipinski definition) is 1. The fourth-order valence-corrected chi connectivity index (χ4v) is 2.40. The molecular weight excluding hydrogens is 204 g/mol. The highest BCUT2D eigenvalue weighted by Gasteiger charge is 2.22. The highest BCUT2D eigenvalue weighted by Crippen LogP contribution is 2.26. The predicted molar refractivity (Wildman–Crippen MR) is 70.1 cm³/mol. The number of nitrogens with zero attached hydrogens (tertiary/aromatic N) is 1. The van der Waals surface area contributed by atoms with Crippen LogP contribution in [0, 0.1) is 5.92 Å². The lowest BCUT2D eigenvalue weighted by atomic mass is 9.87. The third kappa shape index (κ3) is 3.98. The van der Waals surface area contributed by atoms with E-state index in [2.05, 4.69) is 31.1 Å². The summed E-state index contributed by atoms with van der Waals surface area (Å²) in [5.41, 5.74) is 0. The number of nitrogens with one attached hydrogen (secondary N) is 1. The number of hydrogen-bond acceptors (Lipinski definition) is 1. The van der Waals surface area contributed by atoms with Crippen molar-refractivity contribution >= 4 is 17.3 Å². The highest BCUT2D eigenvalue weighted by molar-refractivity contribution is 7.80. The third-order valence-corrected chi connectivity index (χ3v) is 3.81. The Morgan fingerprint density at radius 3 is 2.47 bits per heavy atom. The maximum absolute atomic E-state index is 5.37. The van der Waals surface area contributed by atoms with Crippen molar-refractivity contribution in [2.75, 3.05) is 13.6 Å². The Morgan fingerprint density at radius 2 is 1.93 bits per heavy atom. The molecule has 0 aromatic carbocycles. The van der Waals surface area contributed by atoms with Crippen molar-refractivity contribution in [3.8, 4) is 0 Å². The van der Waals surface area contributed by atoms with Gasteiger partial charge in [0.1, 0.15) is 0 Å². The SMILES string of the molecule is CCCNC(=S)N(C)C1CCC(C)CC1. The zero-order valence-electron chi connectivity index (χ0n) is 10.3. The van der Waals surface area contributed by atoms with E-state index in [9.17, 15) is 0 Å². The molecule has 0 atom stereocenters. The van der Waals surface area contributed by atoms with Gasteiger partial charge in [-0.1, -0.05) is 13.8 Å². The molecular formula is C12H24N2S. The molecule has 1 saturated carbocycles. The van der Waals surface area contributed by atoms with E-state index in [0.717, 1.165) is 24.0 Å². The normalized spacial score (nSPS) is 26.1. The minimum atomic E-state index is 0.665. The summed E-state index contributed by atoms with van der Waals surface area (Å²) in [6, 6.07) is 0.665. The maximum Gasteiger partial charge on any atom is 0.168 e. The Balaban J connectivity index is 2.32. The molecule has 1 aliphatic carbocycles. The lowest BCUT2D eigenvalue weighted by molar-refractivity contribution is 0.237. The van der Waals surface area contributed by atoms with Gasteiger partial charge in [-0.3, -0.25) is 0 Å². The zero-order valence-corrected chi connectivity index (χ0v) is 11.1. The van der Waals surface area contributed by atoms with Gasteiger partial charge in [0.2, 0.25) is 0 Å². The summed E-state index contributed by atoms with van der Waals surface area (Å²) in [6.45, 7) is 5.51. The van der Waals surface area contributed by atoms with Crippen LogP contribution in [0.3, 0.4) is 0 Å². The Labute approximate surface area is 99.4 Å². The van der Waals surface area contributed by atoms with Crippen LogP contribution in [0.1, 0.15) is 46.0 Å². The molecule has 88 valence electrons. The molecule has 2 nitrogen and oxygen atoms in total. The predicted octanol–water partition coefficient (Wildman–Crippen LogP) is 2.78. The van der Waals surface area contributed by atoms with Crippen LogP contribution >= 0.6 is 12.2 Å². The van der Waals surface area contributed by atoms with Crippen LogP contribution in [0.4, 0.5) is 0 Å². The van der Waals surface area contributed by atoms with E-state index < -0.39 is 0 Å². The maximum atomic E-state index is 5.37. The van der Waals surface area contributed by atoms with Crippen molar-refractivity contribution in [3.63, 3.8) is 0 Å². The van der Waals surface area contributed by atoms with Crippen molar-refractivity contribution < 1.29 is 0 Å². The van der Waals surface area contributed by atoms with E-state index in [-0.39, 0.29) is 0 Å². The summed E-state index contributed by atoms with van der Waals surface area (Å²) in [5, 5.41) is 4.23. The van der Waals surface area contributed by atoms with E-state index in [1.54, 1.807) is 0 Å². The minimum absolute atomic E-state index is 0.665. The molecule has 0 spiro atoms. The molecule has 0 saturated heterocycles. The van der Waals surface area contributed by atoms with Gasteiger partial charge in [-0.05, 0) is 50.2 Å². The molecule has 1 aliphatic rings. The first kappa shape index (κ1) is 12.8. The van der Waals surface area contributed by atoms with E-state index in [1.807, 2.05) is 0 Å². The Bertz CT molecular complexity index is 198. The van der Waals surface area contributed by atoms with Crippen LogP contribution in [-0.4, -0.2) is 29.6 Å². The molecule has 1 rings (SSSR count). The van der Waals surface area contributed by atoms with Gasteiger partial charge in [0.25, 0.3) is 0 Å². The molecule has 0 aromatic heterocycles. The molecule has 3 heteroatoms. The van der Waals surface area contributed by atoms with Gasteiger partial charge >= 0.3 is 0 Å². The monoisotopic (exact) mass is 228 g/mol. The second-order valence-electron chi connectivity index (χ2n) is 4.76. The topological polar surface area (TPSA) is 15.3 Å². The molecule has 0 amide bonds. The quantitative estimate of drug-likeness (QED) is 0.748. The van der Waals surface area contributed by atoms with Crippen molar-refractivity contribution in [2.45, 2.75) is 52.0 Å². The van der Waals surface area contributed by atoms with E-state index in [1.165, 1.54) is 25.7 Å². The van der Waals surface area contributed by atoms with Crippen LogP contribution in [-0.2, 0) is 0 Å². The van der Waals surface area contributed by atoms with Gasteiger partial charge in [-0.2, -0.15) is 0 Å². The lowest BCUT2D eigenvalue weighted by Gasteiger charge is -2.35. The highest BCUT2D eigenvalue weighted by atomic mass is 32.1. The molecule has 0 aromatic rings. The Hall–Kier alpha value is -0.310.